The fraction of sp³-hybridized carbons (Fsp3) is 0.933. The van der Waals surface area contributed by atoms with Crippen molar-refractivity contribution < 1.29 is 4.79 Å². The van der Waals surface area contributed by atoms with Gasteiger partial charge in [0, 0.05) is 11.6 Å². The van der Waals surface area contributed by atoms with Gasteiger partial charge in [0.2, 0.25) is 0 Å². The van der Waals surface area contributed by atoms with E-state index in [1.54, 1.807) is 0 Å². The van der Waals surface area contributed by atoms with Gasteiger partial charge in [-0.3, -0.25) is 0 Å². The van der Waals surface area contributed by atoms with E-state index in [9.17, 15) is 4.79 Å². The summed E-state index contributed by atoms with van der Waals surface area (Å²) in [6, 6.07) is 0.626. The molecule has 4 aliphatic rings. The molecule has 4 aliphatic carbocycles. The average molecular weight is 248 g/mol. The number of hydrogen-bond acceptors (Lipinski definition) is 1. The van der Waals surface area contributed by atoms with E-state index < -0.39 is 0 Å². The average Bonchev–Trinajstić information content (AvgIpc) is 2.73. The second-order valence-electron chi connectivity index (χ2n) is 7.10. The maximum atomic E-state index is 12.1. The number of nitrogens with one attached hydrogen (secondary N) is 2. The number of hydrogen-bond donors (Lipinski definition) is 2. The molecule has 0 aromatic heterocycles. The lowest BCUT2D eigenvalue weighted by Crippen LogP contribution is -2.56. The zero-order valence-corrected chi connectivity index (χ0v) is 11.2. The van der Waals surface area contributed by atoms with E-state index >= 15 is 0 Å². The second kappa shape index (κ2) is 3.64. The van der Waals surface area contributed by atoms with E-state index in [1.807, 2.05) is 0 Å². The first kappa shape index (κ1) is 11.1. The molecular formula is C15H24N2O. The Bertz CT molecular complexity index is 355. The Kier molecular flexibility index (Phi) is 2.25. The van der Waals surface area contributed by atoms with Gasteiger partial charge in [0.15, 0.2) is 0 Å². The SMILES string of the molecule is CCC1(NC(=O)NC2[C@H]3[C@H]4CC[C@@H](C4)[C@H]23)CCC1. The van der Waals surface area contributed by atoms with Crippen LogP contribution in [0.2, 0.25) is 0 Å². The molecule has 3 nitrogen and oxygen atoms in total. The summed E-state index contributed by atoms with van der Waals surface area (Å²) in [5.74, 6) is 3.56. The highest BCUT2D eigenvalue weighted by Crippen LogP contribution is 2.65. The monoisotopic (exact) mass is 248 g/mol. The molecule has 0 spiro atoms. The van der Waals surface area contributed by atoms with Gasteiger partial charge in [-0.15, -0.1) is 0 Å². The zero-order valence-electron chi connectivity index (χ0n) is 11.2. The molecule has 0 aromatic carbocycles. The van der Waals surface area contributed by atoms with Crippen molar-refractivity contribution in [1.82, 2.24) is 10.6 Å². The Morgan fingerprint density at radius 1 is 1.22 bits per heavy atom. The molecule has 0 radical (unpaired) electrons. The number of amides is 2. The fourth-order valence-electron chi connectivity index (χ4n) is 5.12. The van der Waals surface area contributed by atoms with Crippen molar-refractivity contribution in [1.29, 1.82) is 0 Å². The Labute approximate surface area is 109 Å². The van der Waals surface area contributed by atoms with Crippen LogP contribution in [0.25, 0.3) is 0 Å². The van der Waals surface area contributed by atoms with E-state index in [0.717, 1.165) is 30.1 Å². The molecule has 4 rings (SSSR count). The molecule has 0 unspecified atom stereocenters. The van der Waals surface area contributed by atoms with Gasteiger partial charge in [-0.25, -0.2) is 4.79 Å². The van der Waals surface area contributed by atoms with Crippen LogP contribution in [0.5, 0.6) is 0 Å². The number of carbonyl (C=O) groups excluding carboxylic acids is 1. The Hall–Kier alpha value is -0.730. The van der Waals surface area contributed by atoms with Crippen molar-refractivity contribution in [3.05, 3.63) is 0 Å². The lowest BCUT2D eigenvalue weighted by atomic mass is 9.75. The molecule has 100 valence electrons. The van der Waals surface area contributed by atoms with Gasteiger partial charge in [0.25, 0.3) is 0 Å². The molecule has 0 aromatic rings. The molecule has 2 N–H and O–H groups in total. The van der Waals surface area contributed by atoms with Crippen LogP contribution in [0.3, 0.4) is 0 Å². The predicted octanol–water partition coefficient (Wildman–Crippen LogP) is 2.66. The lowest BCUT2D eigenvalue weighted by Gasteiger charge is -2.42. The molecule has 0 saturated heterocycles. The zero-order chi connectivity index (χ0) is 12.3. The summed E-state index contributed by atoms with van der Waals surface area (Å²) in [5.41, 5.74) is 0.132. The number of rotatable bonds is 3. The Morgan fingerprint density at radius 2 is 1.89 bits per heavy atom. The minimum atomic E-state index is 0.107. The smallest absolute Gasteiger partial charge is 0.315 e. The van der Waals surface area contributed by atoms with Crippen LogP contribution >= 0.6 is 0 Å². The van der Waals surface area contributed by atoms with Gasteiger partial charge < -0.3 is 10.6 Å². The standard InChI is InChI=1S/C15H24N2O/c1-2-15(6-3-7-15)17-14(18)16-13-11-9-4-5-10(8-9)12(11)13/h9-13H,2-8H2,1H3,(H2,16,17,18)/t9-,10-,11-,12-/m0/s1. The first-order valence-electron chi connectivity index (χ1n) is 7.81. The maximum absolute atomic E-state index is 12.1. The Balaban J connectivity index is 1.32. The van der Waals surface area contributed by atoms with E-state index in [4.69, 9.17) is 0 Å². The number of urea groups is 1. The summed E-state index contributed by atoms with van der Waals surface area (Å²) < 4.78 is 0. The van der Waals surface area contributed by atoms with Gasteiger partial charge in [-0.2, -0.15) is 0 Å². The van der Waals surface area contributed by atoms with Crippen LogP contribution in [0.4, 0.5) is 4.79 Å². The van der Waals surface area contributed by atoms with Gasteiger partial charge in [0.1, 0.15) is 0 Å². The highest BCUT2D eigenvalue weighted by Gasteiger charge is 2.65. The third kappa shape index (κ3) is 1.45. The van der Waals surface area contributed by atoms with Gasteiger partial charge in [0.05, 0.1) is 0 Å². The summed E-state index contributed by atoms with van der Waals surface area (Å²) in [7, 11) is 0. The molecule has 2 amide bonds. The molecule has 4 saturated carbocycles. The Morgan fingerprint density at radius 3 is 2.39 bits per heavy atom. The first-order chi connectivity index (χ1) is 8.72. The molecule has 18 heavy (non-hydrogen) atoms. The van der Waals surface area contributed by atoms with Crippen molar-refractivity contribution in [3.63, 3.8) is 0 Å². The third-order valence-electron chi connectivity index (χ3n) is 6.40. The predicted molar refractivity (Wildman–Crippen MR) is 70.1 cm³/mol. The van der Waals surface area contributed by atoms with Crippen molar-refractivity contribution in [2.24, 2.45) is 23.7 Å². The largest absolute Gasteiger partial charge is 0.335 e. The van der Waals surface area contributed by atoms with Crippen molar-refractivity contribution in [3.8, 4) is 0 Å². The van der Waals surface area contributed by atoms with Crippen LogP contribution in [-0.2, 0) is 0 Å². The van der Waals surface area contributed by atoms with Crippen LogP contribution < -0.4 is 10.6 Å². The lowest BCUT2D eigenvalue weighted by molar-refractivity contribution is 0.171. The minimum Gasteiger partial charge on any atom is -0.335 e. The number of carbonyl (C=O) groups is 1. The summed E-state index contributed by atoms with van der Waals surface area (Å²) in [4.78, 5) is 12.1. The maximum Gasteiger partial charge on any atom is 0.315 e. The minimum absolute atomic E-state index is 0.107. The van der Waals surface area contributed by atoms with Crippen molar-refractivity contribution in [2.45, 2.75) is 63.5 Å². The van der Waals surface area contributed by atoms with E-state index in [1.165, 1.54) is 38.5 Å². The van der Waals surface area contributed by atoms with Crippen LogP contribution in [0.15, 0.2) is 0 Å². The summed E-state index contributed by atoms with van der Waals surface area (Å²) >= 11 is 0. The molecule has 0 heterocycles. The highest BCUT2D eigenvalue weighted by atomic mass is 16.2. The summed E-state index contributed by atoms with van der Waals surface area (Å²) in [6.45, 7) is 2.19. The van der Waals surface area contributed by atoms with Crippen molar-refractivity contribution in [2.75, 3.05) is 0 Å². The highest BCUT2D eigenvalue weighted by molar-refractivity contribution is 5.76. The van der Waals surface area contributed by atoms with Gasteiger partial charge in [-0.05, 0) is 68.6 Å². The normalized spacial score (nSPS) is 46.2. The third-order valence-corrected chi connectivity index (χ3v) is 6.40. The molecular weight excluding hydrogens is 224 g/mol. The van der Waals surface area contributed by atoms with E-state index in [0.29, 0.717) is 6.04 Å². The van der Waals surface area contributed by atoms with Gasteiger partial charge >= 0.3 is 6.03 Å². The quantitative estimate of drug-likeness (QED) is 0.792. The molecule has 2 bridgehead atoms. The van der Waals surface area contributed by atoms with Crippen LogP contribution in [0.1, 0.15) is 51.9 Å². The van der Waals surface area contributed by atoms with Crippen LogP contribution in [-0.4, -0.2) is 17.6 Å². The first-order valence-corrected chi connectivity index (χ1v) is 7.81. The van der Waals surface area contributed by atoms with E-state index in [2.05, 4.69) is 17.6 Å². The second-order valence-corrected chi connectivity index (χ2v) is 7.10. The number of fused-ring (bicyclic) bond motifs is 5. The fourth-order valence-corrected chi connectivity index (χ4v) is 5.12. The molecule has 4 fully saturated rings. The molecule has 0 aliphatic heterocycles. The topological polar surface area (TPSA) is 41.1 Å². The summed E-state index contributed by atoms with van der Waals surface area (Å²) in [5, 5.41) is 6.51. The van der Waals surface area contributed by atoms with Crippen molar-refractivity contribution >= 4 is 6.03 Å². The van der Waals surface area contributed by atoms with Crippen LogP contribution in [0, 0.1) is 23.7 Å². The van der Waals surface area contributed by atoms with Gasteiger partial charge in [-0.1, -0.05) is 6.92 Å². The molecule has 3 heteroatoms. The van der Waals surface area contributed by atoms with E-state index in [-0.39, 0.29) is 11.6 Å². The molecule has 4 atom stereocenters. The summed E-state index contributed by atoms with van der Waals surface area (Å²) in [6.07, 6.45) is 8.97.